The van der Waals surface area contributed by atoms with E-state index in [1.54, 1.807) is 0 Å². The minimum absolute atomic E-state index is 1.15. The summed E-state index contributed by atoms with van der Waals surface area (Å²) in [7, 11) is 1.95. The van der Waals surface area contributed by atoms with Crippen molar-refractivity contribution in [1.29, 1.82) is 0 Å². The van der Waals surface area contributed by atoms with Crippen LogP contribution in [0.4, 0.5) is 0 Å². The fourth-order valence-electron chi connectivity index (χ4n) is 1.38. The zero-order chi connectivity index (χ0) is 11.3. The molecule has 2 aromatic rings. The fraction of sp³-hybridized carbons (Fsp3) is 0.154. The lowest BCUT2D eigenvalue weighted by Crippen LogP contribution is -1.92. The van der Waals surface area contributed by atoms with E-state index in [4.69, 9.17) is 0 Å². The van der Waals surface area contributed by atoms with E-state index in [2.05, 4.69) is 49.4 Å². The third-order valence-corrected chi connectivity index (χ3v) is 2.17. The Morgan fingerprint density at radius 3 is 2.13 bits per heavy atom. The highest BCUT2D eigenvalue weighted by Crippen LogP contribution is 2.17. The Balaban J connectivity index is 0.000000531. The van der Waals surface area contributed by atoms with Gasteiger partial charge in [-0.15, -0.1) is 13.2 Å². The van der Waals surface area contributed by atoms with E-state index in [0.717, 1.165) is 5.69 Å². The molecule has 78 valence electrons. The van der Waals surface area contributed by atoms with E-state index >= 15 is 0 Å². The van der Waals surface area contributed by atoms with Crippen LogP contribution in [-0.2, 0) is 7.05 Å². The van der Waals surface area contributed by atoms with Crippen molar-refractivity contribution in [3.05, 3.63) is 55.3 Å². The first kappa shape index (κ1) is 11.2. The topological polar surface area (TPSA) is 17.8 Å². The SMILES string of the molecule is C=C.Cc1ccc(-c2ccnn2C)cc1. The molecular weight excluding hydrogens is 184 g/mol. The van der Waals surface area contributed by atoms with Crippen molar-refractivity contribution < 1.29 is 0 Å². The first-order valence-corrected chi connectivity index (χ1v) is 4.82. The number of aryl methyl sites for hydroxylation is 2. The number of nitrogens with zero attached hydrogens (tertiary/aromatic N) is 2. The molecule has 2 rings (SSSR count). The van der Waals surface area contributed by atoms with Gasteiger partial charge in [0.25, 0.3) is 0 Å². The molecule has 0 aliphatic heterocycles. The Labute approximate surface area is 90.9 Å². The predicted molar refractivity (Wildman–Crippen MR) is 64.6 cm³/mol. The maximum absolute atomic E-state index is 4.13. The number of aromatic nitrogens is 2. The van der Waals surface area contributed by atoms with Gasteiger partial charge in [-0.25, -0.2) is 0 Å². The summed E-state index contributed by atoms with van der Waals surface area (Å²) in [5.74, 6) is 0. The molecule has 0 spiro atoms. The summed E-state index contributed by atoms with van der Waals surface area (Å²) in [5, 5.41) is 4.13. The summed E-state index contributed by atoms with van der Waals surface area (Å²) >= 11 is 0. The second-order valence-corrected chi connectivity index (χ2v) is 3.21. The highest BCUT2D eigenvalue weighted by atomic mass is 15.2. The molecule has 0 N–H and O–H groups in total. The van der Waals surface area contributed by atoms with Crippen molar-refractivity contribution in [3.63, 3.8) is 0 Å². The molecular formula is C13H16N2. The van der Waals surface area contributed by atoms with Crippen LogP contribution in [0.1, 0.15) is 5.56 Å². The lowest BCUT2D eigenvalue weighted by Gasteiger charge is -2.01. The van der Waals surface area contributed by atoms with Crippen LogP contribution in [0.2, 0.25) is 0 Å². The van der Waals surface area contributed by atoms with E-state index < -0.39 is 0 Å². The maximum atomic E-state index is 4.13. The molecule has 1 heterocycles. The van der Waals surface area contributed by atoms with Crippen LogP contribution in [0, 0.1) is 6.92 Å². The summed E-state index contributed by atoms with van der Waals surface area (Å²) in [4.78, 5) is 0. The molecule has 2 heteroatoms. The Hall–Kier alpha value is -1.83. The molecule has 0 aliphatic carbocycles. The molecule has 0 unspecified atom stereocenters. The second-order valence-electron chi connectivity index (χ2n) is 3.21. The van der Waals surface area contributed by atoms with Crippen molar-refractivity contribution in [2.24, 2.45) is 7.05 Å². The van der Waals surface area contributed by atoms with Gasteiger partial charge >= 0.3 is 0 Å². The standard InChI is InChI=1S/C11H12N2.C2H4/c1-9-3-5-10(6-4-9)11-7-8-12-13(11)2;1-2/h3-8H,1-2H3;1-2H2. The van der Waals surface area contributed by atoms with Gasteiger partial charge in [0.2, 0.25) is 0 Å². The average molecular weight is 200 g/mol. The Morgan fingerprint density at radius 1 is 1.07 bits per heavy atom. The quantitative estimate of drug-likeness (QED) is 0.646. The lowest BCUT2D eigenvalue weighted by molar-refractivity contribution is 0.776. The summed E-state index contributed by atoms with van der Waals surface area (Å²) in [5.41, 5.74) is 3.65. The van der Waals surface area contributed by atoms with Gasteiger partial charge in [0, 0.05) is 13.2 Å². The Bertz CT molecular complexity index is 412. The minimum atomic E-state index is 1.15. The van der Waals surface area contributed by atoms with E-state index in [-0.39, 0.29) is 0 Å². The largest absolute Gasteiger partial charge is 0.268 e. The van der Waals surface area contributed by atoms with Crippen LogP contribution in [-0.4, -0.2) is 9.78 Å². The van der Waals surface area contributed by atoms with Gasteiger partial charge in [-0.1, -0.05) is 29.8 Å². The van der Waals surface area contributed by atoms with Gasteiger partial charge in [-0.05, 0) is 18.6 Å². The van der Waals surface area contributed by atoms with Gasteiger partial charge in [0.15, 0.2) is 0 Å². The fourth-order valence-corrected chi connectivity index (χ4v) is 1.38. The molecule has 1 aromatic heterocycles. The zero-order valence-electron chi connectivity index (χ0n) is 9.27. The molecule has 0 fully saturated rings. The third-order valence-electron chi connectivity index (χ3n) is 2.17. The number of rotatable bonds is 1. The lowest BCUT2D eigenvalue weighted by atomic mass is 10.1. The summed E-state index contributed by atoms with van der Waals surface area (Å²) in [6, 6.07) is 10.5. The van der Waals surface area contributed by atoms with E-state index in [0.29, 0.717) is 0 Å². The Kier molecular flexibility index (Phi) is 3.86. The summed E-state index contributed by atoms with van der Waals surface area (Å²) in [6.45, 7) is 8.09. The molecule has 0 radical (unpaired) electrons. The van der Waals surface area contributed by atoms with Gasteiger partial charge in [0.1, 0.15) is 0 Å². The van der Waals surface area contributed by atoms with E-state index in [1.165, 1.54) is 11.1 Å². The van der Waals surface area contributed by atoms with Crippen LogP contribution in [0.15, 0.2) is 49.7 Å². The molecule has 0 aliphatic rings. The first-order valence-electron chi connectivity index (χ1n) is 4.82. The van der Waals surface area contributed by atoms with E-state index in [9.17, 15) is 0 Å². The first-order chi connectivity index (χ1) is 7.27. The molecule has 0 saturated heterocycles. The van der Waals surface area contributed by atoms with Crippen molar-refractivity contribution >= 4 is 0 Å². The molecule has 0 atom stereocenters. The molecule has 1 aromatic carbocycles. The summed E-state index contributed by atoms with van der Waals surface area (Å²) < 4.78 is 1.88. The average Bonchev–Trinajstić information content (AvgIpc) is 2.69. The number of benzene rings is 1. The maximum Gasteiger partial charge on any atom is 0.0678 e. The van der Waals surface area contributed by atoms with Gasteiger partial charge in [-0.3, -0.25) is 4.68 Å². The van der Waals surface area contributed by atoms with Crippen molar-refractivity contribution in [1.82, 2.24) is 9.78 Å². The zero-order valence-corrected chi connectivity index (χ0v) is 9.27. The molecule has 0 amide bonds. The smallest absolute Gasteiger partial charge is 0.0678 e. The minimum Gasteiger partial charge on any atom is -0.268 e. The Morgan fingerprint density at radius 2 is 1.67 bits per heavy atom. The second kappa shape index (κ2) is 5.15. The molecule has 0 saturated carbocycles. The van der Waals surface area contributed by atoms with Crippen LogP contribution >= 0.6 is 0 Å². The van der Waals surface area contributed by atoms with Crippen LogP contribution in [0.3, 0.4) is 0 Å². The normalized spacial score (nSPS) is 9.20. The van der Waals surface area contributed by atoms with Crippen molar-refractivity contribution in [2.75, 3.05) is 0 Å². The van der Waals surface area contributed by atoms with Gasteiger partial charge in [-0.2, -0.15) is 5.10 Å². The summed E-state index contributed by atoms with van der Waals surface area (Å²) in [6.07, 6.45) is 1.81. The van der Waals surface area contributed by atoms with Crippen molar-refractivity contribution in [2.45, 2.75) is 6.92 Å². The molecule has 15 heavy (non-hydrogen) atoms. The predicted octanol–water partition coefficient (Wildman–Crippen LogP) is 3.20. The monoisotopic (exact) mass is 200 g/mol. The highest BCUT2D eigenvalue weighted by molar-refractivity contribution is 5.59. The van der Waals surface area contributed by atoms with Crippen molar-refractivity contribution in [3.8, 4) is 11.3 Å². The van der Waals surface area contributed by atoms with E-state index in [1.807, 2.05) is 24.0 Å². The van der Waals surface area contributed by atoms with Gasteiger partial charge < -0.3 is 0 Å². The molecule has 2 nitrogen and oxygen atoms in total. The van der Waals surface area contributed by atoms with Crippen LogP contribution in [0.5, 0.6) is 0 Å². The highest BCUT2D eigenvalue weighted by Gasteiger charge is 2.00. The number of hydrogen-bond acceptors (Lipinski definition) is 1. The molecule has 0 bridgehead atoms. The number of hydrogen-bond donors (Lipinski definition) is 0. The van der Waals surface area contributed by atoms with Gasteiger partial charge in [0.05, 0.1) is 5.69 Å². The van der Waals surface area contributed by atoms with Crippen LogP contribution in [0.25, 0.3) is 11.3 Å². The van der Waals surface area contributed by atoms with Crippen LogP contribution < -0.4 is 0 Å². The third kappa shape index (κ3) is 2.56.